The van der Waals surface area contributed by atoms with Gasteiger partial charge >= 0.3 is 5.97 Å². The van der Waals surface area contributed by atoms with E-state index in [1.165, 1.54) is 0 Å². The van der Waals surface area contributed by atoms with Gasteiger partial charge in [0.1, 0.15) is 0 Å². The lowest BCUT2D eigenvalue weighted by Gasteiger charge is -2.20. The molecule has 0 saturated carbocycles. The number of carboxylic acids is 1. The summed E-state index contributed by atoms with van der Waals surface area (Å²) in [5, 5.41) is 8.55. The summed E-state index contributed by atoms with van der Waals surface area (Å²) in [5.74, 6) is -0.658. The van der Waals surface area contributed by atoms with Crippen molar-refractivity contribution in [3.8, 4) is 0 Å². The van der Waals surface area contributed by atoms with Gasteiger partial charge in [0.05, 0.1) is 8.07 Å². The smallest absolute Gasteiger partial charge is 0.303 e. The van der Waals surface area contributed by atoms with Crippen LogP contribution in [-0.4, -0.2) is 19.1 Å². The van der Waals surface area contributed by atoms with E-state index in [1.807, 2.05) is 0 Å². The first-order valence-electron chi connectivity index (χ1n) is 3.08. The van der Waals surface area contributed by atoms with Gasteiger partial charge in [0.2, 0.25) is 0 Å². The second-order valence-electron chi connectivity index (χ2n) is 3.43. The van der Waals surface area contributed by atoms with Gasteiger partial charge in [0.25, 0.3) is 0 Å². The molecule has 0 aliphatic heterocycles. The maximum atomic E-state index is 10.4. The molecule has 1 N–H and O–H groups in total. The molecule has 0 aromatic rings. The lowest BCUT2D eigenvalue weighted by molar-refractivity contribution is -0.136. The van der Waals surface area contributed by atoms with Crippen molar-refractivity contribution >= 4 is 14.0 Å². The minimum Gasteiger partial charge on any atom is -0.481 e. The second-order valence-corrected chi connectivity index (χ2v) is 9.02. The topological polar surface area (TPSA) is 37.3 Å². The highest BCUT2D eigenvalue weighted by Gasteiger charge is 2.27. The Morgan fingerprint density at radius 2 is 1.78 bits per heavy atom. The average molecular weight is 146 g/mol. The lowest BCUT2D eigenvalue weighted by Crippen LogP contribution is -2.31. The number of hydrogen-bond donors (Lipinski definition) is 1. The molecule has 0 fully saturated rings. The van der Waals surface area contributed by atoms with Crippen LogP contribution in [0.2, 0.25) is 25.2 Å². The zero-order valence-corrected chi connectivity index (χ0v) is 7.43. The first-order chi connectivity index (χ1) is 3.85. The molecule has 0 unspecified atom stereocenters. The molecule has 0 heterocycles. The van der Waals surface area contributed by atoms with Gasteiger partial charge in [0, 0.05) is 5.54 Å². The quantitative estimate of drug-likeness (QED) is 0.603. The minimum atomic E-state index is -1.42. The third-order valence-electron chi connectivity index (χ3n) is 1.67. The predicted octanol–water partition coefficient (Wildman–Crippen LogP) is 1.80. The Morgan fingerprint density at radius 1 is 1.44 bits per heavy atom. The van der Waals surface area contributed by atoms with Crippen LogP contribution < -0.4 is 0 Å². The summed E-state index contributed by atoms with van der Waals surface area (Å²) in [7, 11) is -1.42. The molecule has 0 aromatic carbocycles. The van der Waals surface area contributed by atoms with Crippen molar-refractivity contribution < 1.29 is 9.90 Å². The summed E-state index contributed by atoms with van der Waals surface area (Å²) in [6, 6.07) is 0. The normalized spacial score (nSPS) is 15.1. The Morgan fingerprint density at radius 3 is 1.78 bits per heavy atom. The van der Waals surface area contributed by atoms with Crippen LogP contribution in [0.3, 0.4) is 0 Å². The largest absolute Gasteiger partial charge is 0.481 e. The Labute approximate surface area is 56.9 Å². The first kappa shape index (κ1) is 8.69. The number of aliphatic carboxylic acids is 1. The molecule has 0 saturated heterocycles. The van der Waals surface area contributed by atoms with Crippen molar-refractivity contribution in [2.24, 2.45) is 0 Å². The molecular weight excluding hydrogens is 132 g/mol. The number of rotatable bonds is 2. The molecule has 2 nitrogen and oxygen atoms in total. The van der Waals surface area contributed by atoms with E-state index < -0.39 is 14.0 Å². The van der Waals surface area contributed by atoms with Crippen LogP contribution in [-0.2, 0) is 4.79 Å². The van der Waals surface area contributed by atoms with Crippen molar-refractivity contribution in [3.63, 3.8) is 0 Å². The van der Waals surface area contributed by atoms with Crippen LogP contribution >= 0.6 is 0 Å². The van der Waals surface area contributed by atoms with Crippen LogP contribution in [0.4, 0.5) is 0 Å². The zero-order chi connectivity index (χ0) is 7.65. The third-order valence-corrected chi connectivity index (χ3v) is 4.51. The first-order valence-corrected chi connectivity index (χ1v) is 6.66. The fourth-order valence-electron chi connectivity index (χ4n) is 0.370. The van der Waals surface area contributed by atoms with Crippen LogP contribution in [0.1, 0.15) is 6.92 Å². The molecule has 54 valence electrons. The van der Waals surface area contributed by atoms with Crippen molar-refractivity contribution in [1.82, 2.24) is 0 Å². The maximum absolute atomic E-state index is 10.4. The summed E-state index contributed by atoms with van der Waals surface area (Å²) in [6.45, 7) is 7.97. The minimum absolute atomic E-state index is 0.127. The van der Waals surface area contributed by atoms with Gasteiger partial charge in [-0.2, -0.15) is 0 Å². The summed E-state index contributed by atoms with van der Waals surface area (Å²) in [4.78, 5) is 10.4. The fourth-order valence-corrected chi connectivity index (χ4v) is 1.11. The summed E-state index contributed by atoms with van der Waals surface area (Å²) >= 11 is 0. The highest BCUT2D eigenvalue weighted by molar-refractivity contribution is 6.80. The van der Waals surface area contributed by atoms with Gasteiger partial charge in [-0.15, -0.1) is 0 Å². The van der Waals surface area contributed by atoms with Gasteiger partial charge in [-0.3, -0.25) is 4.79 Å². The number of carbonyl (C=O) groups is 1. The van der Waals surface area contributed by atoms with E-state index in [2.05, 4.69) is 19.6 Å². The maximum Gasteiger partial charge on any atom is 0.303 e. The van der Waals surface area contributed by atoms with E-state index in [0.29, 0.717) is 0 Å². The fraction of sp³-hybridized carbons (Fsp3) is 0.833. The van der Waals surface area contributed by atoms with Crippen molar-refractivity contribution in [2.45, 2.75) is 32.1 Å². The van der Waals surface area contributed by atoms with E-state index in [9.17, 15) is 4.79 Å². The molecule has 0 rings (SSSR count). The van der Waals surface area contributed by atoms with Gasteiger partial charge in [0.15, 0.2) is 0 Å². The third kappa shape index (κ3) is 2.65. The van der Waals surface area contributed by atoms with Crippen molar-refractivity contribution in [2.75, 3.05) is 0 Å². The highest BCUT2D eigenvalue weighted by Crippen LogP contribution is 2.20. The van der Waals surface area contributed by atoms with Crippen LogP contribution in [0, 0.1) is 0 Å². The van der Waals surface area contributed by atoms with E-state index in [-0.39, 0.29) is 5.54 Å². The molecule has 3 heteroatoms. The predicted molar refractivity (Wildman–Crippen MR) is 40.4 cm³/mol. The van der Waals surface area contributed by atoms with Crippen LogP contribution in [0.15, 0.2) is 0 Å². The van der Waals surface area contributed by atoms with E-state index in [4.69, 9.17) is 5.11 Å². The molecule has 0 aromatic heterocycles. The number of carboxylic acid groups (broad SMARTS) is 1. The summed E-state index contributed by atoms with van der Waals surface area (Å²) < 4.78 is 0. The van der Waals surface area contributed by atoms with Crippen molar-refractivity contribution in [1.29, 1.82) is 0 Å². The SMILES string of the molecule is C[C@@H](C(=O)O)[Si](C)(C)C. The summed E-state index contributed by atoms with van der Waals surface area (Å²) in [6.07, 6.45) is 0. The van der Waals surface area contributed by atoms with E-state index >= 15 is 0 Å². The molecule has 0 aliphatic carbocycles. The molecule has 0 amide bonds. The molecular formula is C6H14O2Si. The van der Waals surface area contributed by atoms with Crippen molar-refractivity contribution in [3.05, 3.63) is 0 Å². The van der Waals surface area contributed by atoms with Crippen LogP contribution in [0.5, 0.6) is 0 Å². The Balaban J connectivity index is 4.04. The Hall–Kier alpha value is -0.313. The highest BCUT2D eigenvalue weighted by atomic mass is 28.3. The van der Waals surface area contributed by atoms with E-state index in [1.54, 1.807) is 6.92 Å². The molecule has 0 spiro atoms. The van der Waals surface area contributed by atoms with Crippen LogP contribution in [0.25, 0.3) is 0 Å². The van der Waals surface area contributed by atoms with E-state index in [0.717, 1.165) is 0 Å². The summed E-state index contributed by atoms with van der Waals surface area (Å²) in [5.41, 5.74) is -0.127. The average Bonchev–Trinajstić information content (AvgIpc) is 1.62. The monoisotopic (exact) mass is 146 g/mol. The Bertz CT molecular complexity index is 115. The lowest BCUT2D eigenvalue weighted by atomic mass is 10.5. The molecule has 0 radical (unpaired) electrons. The van der Waals surface area contributed by atoms with Gasteiger partial charge in [-0.05, 0) is 0 Å². The molecule has 0 bridgehead atoms. The van der Waals surface area contributed by atoms with Gasteiger partial charge in [-0.25, -0.2) is 0 Å². The standard InChI is InChI=1S/C6H14O2Si/c1-5(6(7)8)9(2,3)4/h5H,1-4H3,(H,7,8)/t5-/m0/s1. The molecule has 0 aliphatic rings. The van der Waals surface area contributed by atoms with Gasteiger partial charge in [-0.1, -0.05) is 26.6 Å². The second kappa shape index (κ2) is 2.52. The molecule has 9 heavy (non-hydrogen) atoms. The zero-order valence-electron chi connectivity index (χ0n) is 6.43. The number of hydrogen-bond acceptors (Lipinski definition) is 1. The van der Waals surface area contributed by atoms with Gasteiger partial charge < -0.3 is 5.11 Å². The Kier molecular flexibility index (Phi) is 2.43. The molecule has 1 atom stereocenters.